The summed E-state index contributed by atoms with van der Waals surface area (Å²) in [5.41, 5.74) is 2.63. The molecule has 0 amide bonds. The zero-order valence-electron chi connectivity index (χ0n) is 19.5. The summed E-state index contributed by atoms with van der Waals surface area (Å²) in [6.07, 6.45) is 4.99. The van der Waals surface area contributed by atoms with E-state index in [1.54, 1.807) is 11.8 Å². The van der Waals surface area contributed by atoms with Crippen LogP contribution in [0, 0.1) is 0 Å². The van der Waals surface area contributed by atoms with Crippen LogP contribution in [0.25, 0.3) is 11.4 Å². The summed E-state index contributed by atoms with van der Waals surface area (Å²) >= 11 is 1.75. The number of hydrogen-bond donors (Lipinski definition) is 4. The Labute approximate surface area is 198 Å². The molecule has 2 aromatic rings. The molecule has 1 aromatic heterocycles. The van der Waals surface area contributed by atoms with Crippen LogP contribution in [0.5, 0.6) is 0 Å². The second kappa shape index (κ2) is 12.7. The molecular weight excluding hydrogens is 444 g/mol. The van der Waals surface area contributed by atoms with Gasteiger partial charge in [0.25, 0.3) is 0 Å². The van der Waals surface area contributed by atoms with Crippen LogP contribution in [0.3, 0.4) is 0 Å². The Morgan fingerprint density at radius 3 is 2.18 bits per heavy atom. The molecule has 0 aliphatic heterocycles. The number of aliphatic hydroxyl groups is 1. The Morgan fingerprint density at radius 1 is 1.06 bits per heavy atom. The maximum absolute atomic E-state index is 9.10. The molecule has 182 valence electrons. The molecule has 0 atom stereocenters. The molecule has 0 spiro atoms. The smallest absolute Gasteiger partial charge is 0.414 e. The summed E-state index contributed by atoms with van der Waals surface area (Å²) in [5.74, 6) is -1.73. The van der Waals surface area contributed by atoms with Gasteiger partial charge in [-0.05, 0) is 23.8 Å². The molecular formula is C23H34N4O5S. The largest absolute Gasteiger partial charge is 0.473 e. The molecule has 1 heterocycles. The first-order valence-corrected chi connectivity index (χ1v) is 12.1. The lowest BCUT2D eigenvalue weighted by molar-refractivity contribution is -0.159. The fraction of sp³-hybridized carbons (Fsp3) is 0.565. The quantitative estimate of drug-likeness (QED) is 0.256. The highest BCUT2D eigenvalue weighted by atomic mass is 32.2. The van der Waals surface area contributed by atoms with E-state index in [4.69, 9.17) is 24.9 Å². The molecule has 33 heavy (non-hydrogen) atoms. The molecule has 0 unspecified atom stereocenters. The number of thioether (sulfide) groups is 1. The number of aromatic nitrogens is 3. The lowest BCUT2D eigenvalue weighted by Crippen LogP contribution is -2.21. The predicted octanol–water partition coefficient (Wildman–Crippen LogP) is 3.19. The highest BCUT2D eigenvalue weighted by Crippen LogP contribution is 2.37. The molecule has 1 fully saturated rings. The second-order valence-corrected chi connectivity index (χ2v) is 9.94. The van der Waals surface area contributed by atoms with E-state index in [2.05, 4.69) is 65.1 Å². The van der Waals surface area contributed by atoms with Gasteiger partial charge in [-0.25, -0.2) is 9.59 Å². The van der Waals surface area contributed by atoms with Crippen LogP contribution in [0.1, 0.15) is 58.1 Å². The van der Waals surface area contributed by atoms with Gasteiger partial charge in [0.15, 0.2) is 11.0 Å². The highest BCUT2D eigenvalue weighted by molar-refractivity contribution is 7.99. The minimum absolute atomic E-state index is 0.153. The molecule has 9 nitrogen and oxygen atoms in total. The average Bonchev–Trinajstić information content (AvgIpc) is 3.43. The average molecular weight is 479 g/mol. The number of carboxylic acids is 2. The van der Waals surface area contributed by atoms with Crippen molar-refractivity contribution in [3.63, 3.8) is 0 Å². The van der Waals surface area contributed by atoms with Gasteiger partial charge in [-0.15, -0.1) is 10.2 Å². The van der Waals surface area contributed by atoms with Crippen molar-refractivity contribution in [2.75, 3.05) is 25.4 Å². The molecule has 4 N–H and O–H groups in total. The molecule has 1 aliphatic rings. The van der Waals surface area contributed by atoms with E-state index in [1.165, 1.54) is 31.2 Å². The lowest BCUT2D eigenvalue weighted by atomic mass is 9.86. The van der Waals surface area contributed by atoms with Crippen LogP contribution in [-0.2, 0) is 15.0 Å². The Hall–Kier alpha value is -2.43. The Morgan fingerprint density at radius 2 is 1.67 bits per heavy atom. The maximum Gasteiger partial charge on any atom is 0.414 e. The fourth-order valence-electron chi connectivity index (χ4n) is 3.60. The molecule has 1 aliphatic carbocycles. The van der Waals surface area contributed by atoms with Gasteiger partial charge in [0.1, 0.15) is 0 Å². The second-order valence-electron chi connectivity index (χ2n) is 8.87. The van der Waals surface area contributed by atoms with Crippen molar-refractivity contribution in [1.29, 1.82) is 0 Å². The Balaban J connectivity index is 0.000000569. The van der Waals surface area contributed by atoms with Crippen LogP contribution < -0.4 is 5.32 Å². The van der Waals surface area contributed by atoms with E-state index in [1.807, 2.05) is 0 Å². The minimum Gasteiger partial charge on any atom is -0.473 e. The molecule has 3 rings (SSSR count). The number of carbonyl (C=O) groups is 2. The number of aliphatic hydroxyl groups excluding tert-OH is 1. The van der Waals surface area contributed by atoms with Gasteiger partial charge >= 0.3 is 11.9 Å². The van der Waals surface area contributed by atoms with Crippen LogP contribution in [0.15, 0.2) is 29.4 Å². The fourth-order valence-corrected chi connectivity index (χ4v) is 4.50. The molecule has 0 bridgehead atoms. The third kappa shape index (κ3) is 8.13. The minimum atomic E-state index is -1.82. The lowest BCUT2D eigenvalue weighted by Gasteiger charge is -2.20. The summed E-state index contributed by atoms with van der Waals surface area (Å²) in [5, 5.41) is 37.0. The predicted molar refractivity (Wildman–Crippen MR) is 128 cm³/mol. The van der Waals surface area contributed by atoms with Crippen LogP contribution in [0.4, 0.5) is 0 Å². The number of hydrogen-bond acceptors (Lipinski definition) is 7. The van der Waals surface area contributed by atoms with E-state index in [0.29, 0.717) is 12.6 Å². The molecule has 1 aromatic carbocycles. The Bertz CT molecular complexity index is 891. The van der Waals surface area contributed by atoms with Crippen molar-refractivity contribution < 1.29 is 24.9 Å². The summed E-state index contributed by atoms with van der Waals surface area (Å²) in [6.45, 7) is 8.39. The zero-order valence-corrected chi connectivity index (χ0v) is 20.3. The number of benzene rings is 1. The first-order valence-electron chi connectivity index (χ1n) is 11.1. The van der Waals surface area contributed by atoms with E-state index in [0.717, 1.165) is 28.8 Å². The third-order valence-electron chi connectivity index (χ3n) is 5.35. The number of nitrogens with one attached hydrogen (secondary N) is 1. The van der Waals surface area contributed by atoms with Gasteiger partial charge in [0, 0.05) is 30.4 Å². The van der Waals surface area contributed by atoms with Crippen molar-refractivity contribution >= 4 is 23.7 Å². The van der Waals surface area contributed by atoms with Gasteiger partial charge in [-0.2, -0.15) is 0 Å². The van der Waals surface area contributed by atoms with Gasteiger partial charge in [-0.3, -0.25) is 4.57 Å². The van der Waals surface area contributed by atoms with Crippen molar-refractivity contribution in [2.45, 2.75) is 63.1 Å². The van der Waals surface area contributed by atoms with E-state index >= 15 is 0 Å². The van der Waals surface area contributed by atoms with Crippen molar-refractivity contribution in [3.05, 3.63) is 29.8 Å². The van der Waals surface area contributed by atoms with Gasteiger partial charge in [0.05, 0.1) is 6.61 Å². The molecule has 1 saturated carbocycles. The summed E-state index contributed by atoms with van der Waals surface area (Å²) in [7, 11) is 0. The number of nitrogens with zero attached hydrogens (tertiary/aromatic N) is 3. The van der Waals surface area contributed by atoms with E-state index in [-0.39, 0.29) is 12.0 Å². The van der Waals surface area contributed by atoms with Crippen molar-refractivity contribution in [3.8, 4) is 11.4 Å². The van der Waals surface area contributed by atoms with Crippen molar-refractivity contribution in [1.82, 2.24) is 20.1 Å². The number of rotatable bonds is 8. The monoisotopic (exact) mass is 478 g/mol. The highest BCUT2D eigenvalue weighted by Gasteiger charge is 2.25. The third-order valence-corrected chi connectivity index (χ3v) is 6.29. The van der Waals surface area contributed by atoms with Crippen LogP contribution in [0.2, 0.25) is 0 Å². The maximum atomic E-state index is 9.10. The number of carboxylic acid groups (broad SMARTS) is 2. The van der Waals surface area contributed by atoms with E-state index in [9.17, 15) is 0 Å². The molecule has 10 heteroatoms. The first-order chi connectivity index (χ1) is 15.6. The van der Waals surface area contributed by atoms with E-state index < -0.39 is 11.9 Å². The van der Waals surface area contributed by atoms with Gasteiger partial charge in [0.2, 0.25) is 0 Å². The SMILES string of the molecule is CC(C)(C)c1ccc(-c2nnc(SCCNCCO)n2C2CCCC2)cc1.O=C(O)C(=O)O. The topological polar surface area (TPSA) is 138 Å². The van der Waals surface area contributed by atoms with Crippen LogP contribution in [-0.4, -0.2) is 67.5 Å². The van der Waals surface area contributed by atoms with Crippen molar-refractivity contribution in [2.24, 2.45) is 0 Å². The standard InChI is InChI=1S/C21H32N4OS.C2H2O4/c1-21(2,3)17-10-8-16(9-11-17)19-23-24-20(27-15-13-22-12-14-26)25(19)18-6-4-5-7-18;3-1(4)2(5)6/h8-11,18,22,26H,4-7,12-15H2,1-3H3;(H,3,4)(H,5,6). The summed E-state index contributed by atoms with van der Waals surface area (Å²) < 4.78 is 2.37. The zero-order chi connectivity index (χ0) is 24.4. The summed E-state index contributed by atoms with van der Waals surface area (Å²) in [4.78, 5) is 18.2. The normalized spacial score (nSPS) is 14.1. The van der Waals surface area contributed by atoms with Gasteiger partial charge < -0.3 is 20.6 Å². The molecule has 0 radical (unpaired) electrons. The van der Waals surface area contributed by atoms with Gasteiger partial charge in [-0.1, -0.05) is 69.6 Å². The molecule has 0 saturated heterocycles. The first kappa shape index (κ1) is 26.8. The van der Waals surface area contributed by atoms with Crippen LogP contribution >= 0.6 is 11.8 Å². The Kier molecular flexibility index (Phi) is 10.3. The number of aliphatic carboxylic acids is 2. The summed E-state index contributed by atoms with van der Waals surface area (Å²) in [6, 6.07) is 9.31.